The second kappa shape index (κ2) is 10.4. The summed E-state index contributed by atoms with van der Waals surface area (Å²) in [6, 6.07) is 6.50. The molecule has 0 N–H and O–H groups in total. The third kappa shape index (κ3) is 5.50. The van der Waals surface area contributed by atoms with Crippen LogP contribution in [-0.4, -0.2) is 10.2 Å². The summed E-state index contributed by atoms with van der Waals surface area (Å²) in [5.74, 6) is -1.14. The molecule has 0 aromatic heterocycles. The van der Waals surface area contributed by atoms with E-state index in [1.807, 2.05) is 0 Å². The van der Waals surface area contributed by atoms with Crippen LogP contribution in [0.15, 0.2) is 30.3 Å². The van der Waals surface area contributed by atoms with Gasteiger partial charge in [-0.15, -0.1) is 0 Å². The van der Waals surface area contributed by atoms with Crippen LogP contribution in [0.3, 0.4) is 0 Å². The van der Waals surface area contributed by atoms with Crippen molar-refractivity contribution < 1.29 is 26.7 Å². The molecule has 2 saturated carbocycles. The molecule has 0 unspecified atom stereocenters. The van der Waals surface area contributed by atoms with Gasteiger partial charge in [0.25, 0.3) is 0 Å². The molecule has 2 aromatic rings. The molecule has 2 aliphatic carbocycles. The Bertz CT molecular complexity index is 972. The van der Waals surface area contributed by atoms with Crippen molar-refractivity contribution in [3.63, 3.8) is 0 Å². The first-order chi connectivity index (χ1) is 16.2. The Kier molecular flexibility index (Phi) is 7.70. The molecule has 0 radical (unpaired) electrons. The summed E-state index contributed by atoms with van der Waals surface area (Å²) in [5.41, 5.74) is -0.513. The van der Waals surface area contributed by atoms with Crippen LogP contribution in [0.25, 0.3) is 0 Å². The van der Waals surface area contributed by atoms with Crippen molar-refractivity contribution in [2.24, 2.45) is 17.8 Å². The maximum Gasteiger partial charge on any atom is 0.429 e. The highest BCUT2D eigenvalue weighted by Crippen LogP contribution is 2.45. The first-order valence-corrected chi connectivity index (χ1v) is 13.9. The fourth-order valence-electron chi connectivity index (χ4n) is 5.90. The number of benzene rings is 2. The van der Waals surface area contributed by atoms with Gasteiger partial charge in [0.1, 0.15) is 23.2 Å². The van der Waals surface area contributed by atoms with E-state index >= 15 is 0 Å². The molecule has 0 bridgehead atoms. The maximum absolute atomic E-state index is 14.8. The van der Waals surface area contributed by atoms with Crippen molar-refractivity contribution >= 4 is 10.2 Å². The maximum atomic E-state index is 14.8. The first-order valence-electron chi connectivity index (χ1n) is 12.5. The Labute approximate surface area is 201 Å². The molecule has 2 aliphatic rings. The molecule has 0 atom stereocenters. The molecule has 0 spiro atoms. The zero-order valence-corrected chi connectivity index (χ0v) is 21.9. The molecule has 0 saturated heterocycles. The first kappa shape index (κ1) is 25.2. The Morgan fingerprint density at radius 3 is 1.91 bits per heavy atom. The molecule has 0 heterocycles. The van der Waals surface area contributed by atoms with Gasteiger partial charge in [0.2, 0.25) is 0 Å². The van der Waals surface area contributed by atoms with E-state index < -0.39 is 34.9 Å². The van der Waals surface area contributed by atoms with Crippen molar-refractivity contribution in [1.82, 2.24) is 0 Å². The Morgan fingerprint density at radius 1 is 0.824 bits per heavy atom. The summed E-state index contributed by atoms with van der Waals surface area (Å²) in [5, 5.41) is 0. The summed E-state index contributed by atoms with van der Waals surface area (Å²) in [6.07, 6.45) is 5.41. The highest BCUT2D eigenvalue weighted by Gasteiger charge is 2.39. The molecule has 1 nitrogen and oxygen atoms in total. The number of halogens is 5. The van der Waals surface area contributed by atoms with Crippen LogP contribution >= 0.6 is 0 Å². The third-order valence-corrected chi connectivity index (χ3v) is 9.34. The fourth-order valence-corrected chi connectivity index (χ4v) is 6.71. The van der Waals surface area contributed by atoms with Crippen molar-refractivity contribution in [3.8, 4) is 5.75 Å². The van der Waals surface area contributed by atoms with E-state index in [4.69, 9.17) is 0 Å². The second-order valence-electron chi connectivity index (χ2n) is 10.2. The normalized spacial score (nSPS) is 25.9. The van der Waals surface area contributed by atoms with Crippen molar-refractivity contribution in [1.29, 1.82) is 0 Å². The van der Waals surface area contributed by atoms with Gasteiger partial charge in [0.15, 0.2) is 0 Å². The largest absolute Gasteiger partial charge is 0.429 e. The van der Waals surface area contributed by atoms with Gasteiger partial charge in [0.05, 0.1) is 5.56 Å². The van der Waals surface area contributed by atoms with Crippen LogP contribution < -0.4 is 4.74 Å². The number of alkyl halides is 2. The predicted octanol–water partition coefficient (Wildman–Crippen LogP) is 7.40. The van der Waals surface area contributed by atoms with Crippen LogP contribution in [0.2, 0.25) is 6.04 Å². The minimum absolute atomic E-state index is 0.160. The molecule has 7 heteroatoms. The molecule has 186 valence electrons. The van der Waals surface area contributed by atoms with Gasteiger partial charge < -0.3 is 4.74 Å². The van der Waals surface area contributed by atoms with Gasteiger partial charge in [-0.25, -0.2) is 13.2 Å². The Morgan fingerprint density at radius 2 is 1.38 bits per heavy atom. The summed E-state index contributed by atoms with van der Waals surface area (Å²) in [6.45, 7) is 1.19. The Balaban J connectivity index is 1.39. The number of ether oxygens (including phenoxy) is 1. The van der Waals surface area contributed by atoms with Crippen molar-refractivity contribution in [2.75, 3.05) is 0 Å². The van der Waals surface area contributed by atoms with E-state index in [9.17, 15) is 22.0 Å². The Hall–Kier alpha value is -1.89. The fraction of sp³-hybridized carbons (Fsp3) is 0.556. The van der Waals surface area contributed by atoms with E-state index in [0.29, 0.717) is 12.1 Å². The van der Waals surface area contributed by atoms with E-state index in [-0.39, 0.29) is 11.5 Å². The van der Waals surface area contributed by atoms with Crippen LogP contribution in [-0.2, 0) is 6.11 Å². The lowest BCUT2D eigenvalue weighted by molar-refractivity contribution is -0.187. The van der Waals surface area contributed by atoms with Gasteiger partial charge in [-0.1, -0.05) is 25.0 Å². The van der Waals surface area contributed by atoms with Crippen molar-refractivity contribution in [2.45, 2.75) is 76.4 Å². The second-order valence-corrected chi connectivity index (χ2v) is 11.0. The predicted molar refractivity (Wildman–Crippen MR) is 127 cm³/mol. The van der Waals surface area contributed by atoms with Crippen molar-refractivity contribution in [3.05, 3.63) is 64.5 Å². The topological polar surface area (TPSA) is 9.23 Å². The SMILES string of the molecule is Cc1c(F)cc(OC(F)(F)c2ccc(C3CCC(C4CCC(C[SiH3])CC4)CC3)cc2F)cc1F. The molecule has 4 rings (SSSR count). The third-order valence-electron chi connectivity index (χ3n) is 8.19. The lowest BCUT2D eigenvalue weighted by Crippen LogP contribution is -2.26. The van der Waals surface area contributed by atoms with Crippen LogP contribution in [0, 0.1) is 42.1 Å². The average molecular weight is 497 g/mol. The zero-order chi connectivity index (χ0) is 24.5. The quantitative estimate of drug-likeness (QED) is 0.299. The molecular weight excluding hydrogens is 463 g/mol. The van der Waals surface area contributed by atoms with E-state index in [2.05, 4.69) is 4.74 Å². The highest BCUT2D eigenvalue weighted by molar-refractivity contribution is 6.08. The summed E-state index contributed by atoms with van der Waals surface area (Å²) < 4.78 is 76.0. The minimum atomic E-state index is -4.06. The summed E-state index contributed by atoms with van der Waals surface area (Å²) in [7, 11) is 1.29. The number of rotatable bonds is 6. The van der Waals surface area contributed by atoms with Gasteiger partial charge in [-0.3, -0.25) is 0 Å². The van der Waals surface area contributed by atoms with Crippen LogP contribution in [0.1, 0.15) is 74.0 Å². The standard InChI is InChI=1S/C27H33F5OSi/c1-16-24(28)13-22(14-25(16)29)33-27(31,32)23-11-10-21(12-26(23)30)20-8-6-19(7-9-20)18-4-2-17(15-34)3-5-18/h10-14,17-20H,2-9,15H2,1,34H3. The van der Waals surface area contributed by atoms with E-state index in [1.54, 1.807) is 0 Å². The molecule has 2 fully saturated rings. The summed E-state index contributed by atoms with van der Waals surface area (Å²) in [4.78, 5) is 0. The highest BCUT2D eigenvalue weighted by atomic mass is 28.1. The van der Waals surface area contributed by atoms with Crippen LogP contribution in [0.4, 0.5) is 22.0 Å². The number of hydrogen-bond acceptors (Lipinski definition) is 1. The monoisotopic (exact) mass is 496 g/mol. The van der Waals surface area contributed by atoms with Gasteiger partial charge in [-0.2, -0.15) is 8.78 Å². The minimum Gasteiger partial charge on any atom is -0.429 e. The summed E-state index contributed by atoms with van der Waals surface area (Å²) >= 11 is 0. The smallest absolute Gasteiger partial charge is 0.429 e. The molecule has 0 aliphatic heterocycles. The van der Waals surface area contributed by atoms with E-state index in [0.717, 1.165) is 55.1 Å². The lowest BCUT2D eigenvalue weighted by Gasteiger charge is -2.38. The molecule has 0 amide bonds. The number of hydrogen-bond donors (Lipinski definition) is 0. The van der Waals surface area contributed by atoms with E-state index in [1.165, 1.54) is 61.0 Å². The van der Waals surface area contributed by atoms with Crippen LogP contribution in [0.5, 0.6) is 5.75 Å². The molecule has 34 heavy (non-hydrogen) atoms. The van der Waals surface area contributed by atoms with Gasteiger partial charge >= 0.3 is 6.11 Å². The average Bonchev–Trinajstić information content (AvgIpc) is 2.82. The zero-order valence-electron chi connectivity index (χ0n) is 19.9. The van der Waals surface area contributed by atoms with Gasteiger partial charge in [0, 0.05) is 27.9 Å². The lowest BCUT2D eigenvalue weighted by atomic mass is 9.68. The molecule has 2 aromatic carbocycles. The van der Waals surface area contributed by atoms with Gasteiger partial charge in [-0.05, 0) is 86.8 Å². The molecular formula is C27H33F5OSi.